The quantitative estimate of drug-likeness (QED) is 0.871. The Morgan fingerprint density at radius 3 is 2.64 bits per heavy atom. The number of nitrogens with zero attached hydrogens (tertiary/aromatic N) is 4. The number of rotatable bonds is 6. The summed E-state index contributed by atoms with van der Waals surface area (Å²) in [6.45, 7) is 6.20. The molecular formula is C19H27N5O. The van der Waals surface area contributed by atoms with Crippen LogP contribution in [0.2, 0.25) is 0 Å². The number of amides is 1. The lowest BCUT2D eigenvalue weighted by molar-refractivity contribution is -0.120. The minimum absolute atomic E-state index is 0.000453. The maximum absolute atomic E-state index is 12.2. The smallest absolute Gasteiger partial charge is 0.227 e. The largest absolute Gasteiger partial charge is 0.354 e. The molecule has 25 heavy (non-hydrogen) atoms. The minimum atomic E-state index is 0.000453. The number of likely N-dealkylation sites (tertiary alicyclic amines) is 1. The molecule has 2 aromatic rings. The second-order valence-corrected chi connectivity index (χ2v) is 6.92. The number of benzene rings is 1. The topological polar surface area (TPSA) is 63.1 Å². The minimum Gasteiger partial charge on any atom is -0.354 e. The second kappa shape index (κ2) is 8.25. The Morgan fingerprint density at radius 2 is 1.92 bits per heavy atom. The van der Waals surface area contributed by atoms with Crippen LogP contribution in [-0.2, 0) is 18.3 Å². The lowest BCUT2D eigenvalue weighted by atomic mass is 9.99. The highest BCUT2D eigenvalue weighted by Crippen LogP contribution is 2.17. The van der Waals surface area contributed by atoms with Gasteiger partial charge in [-0.1, -0.05) is 37.3 Å². The maximum Gasteiger partial charge on any atom is 0.227 e. The highest BCUT2D eigenvalue weighted by Gasteiger charge is 2.16. The van der Waals surface area contributed by atoms with E-state index in [0.29, 0.717) is 12.4 Å². The molecule has 1 fully saturated rings. The molecule has 6 nitrogen and oxygen atoms in total. The van der Waals surface area contributed by atoms with Crippen LogP contribution in [0.25, 0.3) is 11.4 Å². The first kappa shape index (κ1) is 17.6. The molecule has 1 saturated heterocycles. The van der Waals surface area contributed by atoms with E-state index in [1.54, 1.807) is 0 Å². The number of nitrogens with one attached hydrogen (secondary N) is 1. The van der Waals surface area contributed by atoms with Gasteiger partial charge in [-0.25, -0.2) is 0 Å². The molecule has 0 spiro atoms. The van der Waals surface area contributed by atoms with Gasteiger partial charge in [-0.05, 0) is 31.8 Å². The van der Waals surface area contributed by atoms with E-state index < -0.39 is 0 Å². The molecule has 1 amide bonds. The molecule has 0 bridgehead atoms. The predicted octanol–water partition coefficient (Wildman–Crippen LogP) is 1.87. The Morgan fingerprint density at radius 1 is 1.20 bits per heavy atom. The number of aromatic nitrogens is 3. The summed E-state index contributed by atoms with van der Waals surface area (Å²) >= 11 is 0. The van der Waals surface area contributed by atoms with Gasteiger partial charge in [-0.2, -0.15) is 0 Å². The van der Waals surface area contributed by atoms with Crippen molar-refractivity contribution >= 4 is 5.91 Å². The van der Waals surface area contributed by atoms with Crippen LogP contribution >= 0.6 is 0 Å². The maximum atomic E-state index is 12.2. The zero-order valence-electron chi connectivity index (χ0n) is 15.1. The summed E-state index contributed by atoms with van der Waals surface area (Å²) in [6, 6.07) is 9.90. The Hall–Kier alpha value is -2.21. The van der Waals surface area contributed by atoms with E-state index in [1.807, 2.05) is 41.9 Å². The fourth-order valence-corrected chi connectivity index (χ4v) is 3.20. The van der Waals surface area contributed by atoms with E-state index in [-0.39, 0.29) is 12.3 Å². The lowest BCUT2D eigenvalue weighted by Crippen LogP contribution is -2.39. The molecule has 0 unspecified atom stereocenters. The summed E-state index contributed by atoms with van der Waals surface area (Å²) in [7, 11) is 1.90. The molecule has 0 radical (unpaired) electrons. The average molecular weight is 341 g/mol. The lowest BCUT2D eigenvalue weighted by Gasteiger charge is -2.30. The summed E-state index contributed by atoms with van der Waals surface area (Å²) in [5.41, 5.74) is 1.00. The van der Waals surface area contributed by atoms with Crippen LogP contribution in [0, 0.1) is 5.92 Å². The van der Waals surface area contributed by atoms with Crippen LogP contribution < -0.4 is 5.32 Å². The number of hydrogen-bond donors (Lipinski definition) is 1. The first-order valence-electron chi connectivity index (χ1n) is 9.06. The van der Waals surface area contributed by atoms with Gasteiger partial charge >= 0.3 is 0 Å². The van der Waals surface area contributed by atoms with Crippen molar-refractivity contribution in [1.29, 1.82) is 0 Å². The average Bonchev–Trinajstić information content (AvgIpc) is 2.98. The van der Waals surface area contributed by atoms with Gasteiger partial charge in [0.1, 0.15) is 5.82 Å². The van der Waals surface area contributed by atoms with Gasteiger partial charge in [0.2, 0.25) is 5.91 Å². The van der Waals surface area contributed by atoms with Gasteiger partial charge in [-0.3, -0.25) is 4.79 Å². The molecule has 1 aromatic carbocycles. The van der Waals surface area contributed by atoms with Crippen LogP contribution in [0.1, 0.15) is 25.6 Å². The normalized spacial score (nSPS) is 16.1. The van der Waals surface area contributed by atoms with Gasteiger partial charge in [-0.15, -0.1) is 10.2 Å². The molecule has 0 saturated carbocycles. The summed E-state index contributed by atoms with van der Waals surface area (Å²) in [4.78, 5) is 14.6. The zero-order valence-corrected chi connectivity index (χ0v) is 15.1. The van der Waals surface area contributed by atoms with E-state index in [1.165, 1.54) is 12.8 Å². The van der Waals surface area contributed by atoms with Crippen molar-refractivity contribution in [2.75, 3.05) is 26.2 Å². The highest BCUT2D eigenvalue weighted by atomic mass is 16.1. The van der Waals surface area contributed by atoms with Crippen molar-refractivity contribution in [1.82, 2.24) is 25.0 Å². The molecule has 6 heteroatoms. The molecule has 0 atom stereocenters. The Labute approximate surface area is 149 Å². The molecule has 134 valence electrons. The summed E-state index contributed by atoms with van der Waals surface area (Å²) in [5, 5.41) is 11.4. The standard InChI is InChI=1S/C19H27N5O/c1-15-8-11-24(12-9-15)13-10-20-18(25)14-17-21-22-19(23(17)2)16-6-4-3-5-7-16/h3-7,15H,8-14H2,1-2H3,(H,20,25). The van der Waals surface area contributed by atoms with Crippen LogP contribution in [0.4, 0.5) is 0 Å². The van der Waals surface area contributed by atoms with Gasteiger partial charge in [0.15, 0.2) is 5.82 Å². The van der Waals surface area contributed by atoms with Crippen LogP contribution in [0.3, 0.4) is 0 Å². The number of hydrogen-bond acceptors (Lipinski definition) is 4. The van der Waals surface area contributed by atoms with Gasteiger partial charge in [0.25, 0.3) is 0 Å². The number of piperidine rings is 1. The van der Waals surface area contributed by atoms with E-state index in [4.69, 9.17) is 0 Å². The first-order chi connectivity index (χ1) is 12.1. The third-order valence-electron chi connectivity index (χ3n) is 4.94. The zero-order chi connectivity index (χ0) is 17.6. The van der Waals surface area contributed by atoms with Crippen molar-refractivity contribution < 1.29 is 4.79 Å². The second-order valence-electron chi connectivity index (χ2n) is 6.92. The van der Waals surface area contributed by atoms with Crippen LogP contribution in [0.15, 0.2) is 30.3 Å². The van der Waals surface area contributed by atoms with Crippen molar-refractivity contribution in [2.45, 2.75) is 26.2 Å². The van der Waals surface area contributed by atoms with Gasteiger partial charge in [0.05, 0.1) is 6.42 Å². The van der Waals surface area contributed by atoms with Crippen molar-refractivity contribution in [3.8, 4) is 11.4 Å². The predicted molar refractivity (Wildman–Crippen MR) is 98.0 cm³/mol. The molecule has 1 aliphatic heterocycles. The molecule has 1 aliphatic rings. The molecule has 1 aromatic heterocycles. The first-order valence-corrected chi connectivity index (χ1v) is 9.06. The highest BCUT2D eigenvalue weighted by molar-refractivity contribution is 5.77. The third-order valence-corrected chi connectivity index (χ3v) is 4.94. The monoisotopic (exact) mass is 341 g/mol. The van der Waals surface area contributed by atoms with E-state index in [9.17, 15) is 4.79 Å². The third kappa shape index (κ3) is 4.66. The number of carbonyl (C=O) groups is 1. The number of carbonyl (C=O) groups excluding carboxylic acids is 1. The van der Waals surface area contributed by atoms with E-state index in [2.05, 4.69) is 27.3 Å². The SMILES string of the molecule is CC1CCN(CCNC(=O)Cc2nnc(-c3ccccc3)n2C)CC1. The Bertz CT molecular complexity index is 689. The molecule has 2 heterocycles. The van der Waals surface area contributed by atoms with Crippen LogP contribution in [0.5, 0.6) is 0 Å². The molecule has 1 N–H and O–H groups in total. The molecule has 3 rings (SSSR count). The van der Waals surface area contributed by atoms with Gasteiger partial charge in [0, 0.05) is 25.7 Å². The van der Waals surface area contributed by atoms with Gasteiger partial charge < -0.3 is 14.8 Å². The fourth-order valence-electron chi connectivity index (χ4n) is 3.20. The Kier molecular flexibility index (Phi) is 5.81. The Balaban J connectivity index is 1.48. The molecule has 0 aliphatic carbocycles. The summed E-state index contributed by atoms with van der Waals surface area (Å²) in [6.07, 6.45) is 2.78. The van der Waals surface area contributed by atoms with E-state index >= 15 is 0 Å². The molecular weight excluding hydrogens is 314 g/mol. The summed E-state index contributed by atoms with van der Waals surface area (Å²) < 4.78 is 1.89. The van der Waals surface area contributed by atoms with Crippen molar-refractivity contribution in [2.24, 2.45) is 13.0 Å². The van der Waals surface area contributed by atoms with E-state index in [0.717, 1.165) is 36.9 Å². The fraction of sp³-hybridized carbons (Fsp3) is 0.526. The van der Waals surface area contributed by atoms with Crippen molar-refractivity contribution in [3.63, 3.8) is 0 Å². The van der Waals surface area contributed by atoms with Crippen molar-refractivity contribution in [3.05, 3.63) is 36.2 Å². The summed E-state index contributed by atoms with van der Waals surface area (Å²) in [5.74, 6) is 2.30. The van der Waals surface area contributed by atoms with Crippen LogP contribution in [-0.4, -0.2) is 51.8 Å².